The standard InChI is InChI=1S/C21H26N4O5S/c1-21(2)16-11-15(6-7-17(16)23-20(21)27)31(28,29)22-12-14-13-24-8-4-5-18(24)19(26)25(14)9-10-30-3/h4-8,11,14,22H,9-10,12-13H2,1-3H3,(H,23,27). The Kier molecular flexibility index (Phi) is 5.40. The van der Waals surface area contributed by atoms with Gasteiger partial charge in [0.2, 0.25) is 15.9 Å². The van der Waals surface area contributed by atoms with E-state index >= 15 is 0 Å². The number of hydrogen-bond acceptors (Lipinski definition) is 5. The first-order valence-electron chi connectivity index (χ1n) is 10.1. The Labute approximate surface area is 181 Å². The number of methoxy groups -OCH3 is 1. The second kappa shape index (κ2) is 7.77. The van der Waals surface area contributed by atoms with E-state index in [1.165, 1.54) is 12.1 Å². The summed E-state index contributed by atoms with van der Waals surface area (Å²) in [5.74, 6) is -0.316. The van der Waals surface area contributed by atoms with Gasteiger partial charge in [0.05, 0.1) is 23.0 Å². The molecule has 9 nitrogen and oxygen atoms in total. The minimum Gasteiger partial charge on any atom is -0.383 e. The number of fused-ring (bicyclic) bond motifs is 2. The van der Waals surface area contributed by atoms with Crippen LogP contribution in [0.15, 0.2) is 41.4 Å². The fourth-order valence-corrected chi connectivity index (χ4v) is 5.16. The average molecular weight is 447 g/mol. The minimum absolute atomic E-state index is 0.0626. The average Bonchev–Trinajstić information content (AvgIpc) is 3.28. The molecule has 0 saturated heterocycles. The van der Waals surface area contributed by atoms with Crippen molar-refractivity contribution in [3.05, 3.63) is 47.8 Å². The molecular formula is C21H26N4O5S. The zero-order valence-electron chi connectivity index (χ0n) is 17.7. The number of sulfonamides is 1. The molecule has 0 fully saturated rings. The third-order valence-electron chi connectivity index (χ3n) is 5.99. The second-order valence-corrected chi connectivity index (χ2v) is 10.1. The molecule has 1 aromatic heterocycles. The van der Waals surface area contributed by atoms with Crippen LogP contribution in [-0.2, 0) is 31.5 Å². The van der Waals surface area contributed by atoms with Crippen molar-refractivity contribution in [3.8, 4) is 0 Å². The van der Waals surface area contributed by atoms with Crippen LogP contribution in [0, 0.1) is 0 Å². The highest BCUT2D eigenvalue weighted by molar-refractivity contribution is 7.89. The summed E-state index contributed by atoms with van der Waals surface area (Å²) in [7, 11) is -2.28. The first-order chi connectivity index (χ1) is 14.6. The smallest absolute Gasteiger partial charge is 0.270 e. The number of ether oxygens (including phenoxy) is 1. The van der Waals surface area contributed by atoms with Gasteiger partial charge in [-0.05, 0) is 49.7 Å². The molecule has 0 radical (unpaired) electrons. The minimum atomic E-state index is -3.84. The van der Waals surface area contributed by atoms with Crippen LogP contribution in [0.2, 0.25) is 0 Å². The SMILES string of the molecule is COCCN1C(=O)c2cccn2CC1CNS(=O)(=O)c1ccc2c(c1)C(C)(C)C(=O)N2. The van der Waals surface area contributed by atoms with Gasteiger partial charge >= 0.3 is 0 Å². The Bertz CT molecular complexity index is 1140. The van der Waals surface area contributed by atoms with E-state index < -0.39 is 15.4 Å². The molecule has 31 heavy (non-hydrogen) atoms. The molecule has 2 amide bonds. The van der Waals surface area contributed by atoms with Crippen molar-refractivity contribution in [2.24, 2.45) is 0 Å². The third kappa shape index (κ3) is 3.75. The number of nitrogens with zero attached hydrogens (tertiary/aromatic N) is 2. The molecule has 1 unspecified atom stereocenters. The van der Waals surface area contributed by atoms with Crippen LogP contribution in [0.1, 0.15) is 29.9 Å². The second-order valence-electron chi connectivity index (χ2n) is 8.33. The highest BCUT2D eigenvalue weighted by Crippen LogP contribution is 2.38. The van der Waals surface area contributed by atoms with Crippen LogP contribution < -0.4 is 10.0 Å². The van der Waals surface area contributed by atoms with E-state index in [1.54, 1.807) is 44.1 Å². The highest BCUT2D eigenvalue weighted by Gasteiger charge is 2.39. The number of carbonyl (C=O) groups is 2. The summed E-state index contributed by atoms with van der Waals surface area (Å²) < 4.78 is 35.6. The van der Waals surface area contributed by atoms with Gasteiger partial charge in [0.1, 0.15) is 5.69 Å². The van der Waals surface area contributed by atoms with Gasteiger partial charge in [0, 0.05) is 38.6 Å². The molecule has 10 heteroatoms. The fraction of sp³-hybridized carbons (Fsp3) is 0.429. The van der Waals surface area contributed by atoms with Gasteiger partial charge < -0.3 is 19.5 Å². The Morgan fingerprint density at radius 1 is 1.26 bits per heavy atom. The maximum atomic E-state index is 13.0. The summed E-state index contributed by atoms with van der Waals surface area (Å²) in [5.41, 5.74) is 1.04. The Morgan fingerprint density at radius 3 is 2.77 bits per heavy atom. The molecule has 166 valence electrons. The van der Waals surface area contributed by atoms with Crippen LogP contribution in [0.4, 0.5) is 5.69 Å². The van der Waals surface area contributed by atoms with Crippen molar-refractivity contribution in [2.45, 2.75) is 36.7 Å². The van der Waals surface area contributed by atoms with Crippen molar-refractivity contribution in [2.75, 3.05) is 32.1 Å². The molecule has 2 aliphatic heterocycles. The fourth-order valence-electron chi connectivity index (χ4n) is 4.06. The van der Waals surface area contributed by atoms with Gasteiger partial charge in [0.25, 0.3) is 5.91 Å². The van der Waals surface area contributed by atoms with Crippen LogP contribution >= 0.6 is 0 Å². The van der Waals surface area contributed by atoms with E-state index in [1.807, 2.05) is 10.8 Å². The molecule has 3 heterocycles. The Morgan fingerprint density at radius 2 is 2.03 bits per heavy atom. The monoisotopic (exact) mass is 446 g/mol. The van der Waals surface area contributed by atoms with Crippen molar-refractivity contribution >= 4 is 27.5 Å². The molecule has 2 N–H and O–H groups in total. The molecule has 0 aliphatic carbocycles. The van der Waals surface area contributed by atoms with Crippen LogP contribution in [0.25, 0.3) is 0 Å². The first kappa shape index (κ1) is 21.5. The zero-order valence-corrected chi connectivity index (χ0v) is 18.5. The number of hydrogen-bond donors (Lipinski definition) is 2. The maximum Gasteiger partial charge on any atom is 0.270 e. The molecule has 1 aromatic carbocycles. The zero-order chi connectivity index (χ0) is 22.4. The predicted octanol–water partition coefficient (Wildman–Crippen LogP) is 1.17. The molecule has 1 atom stereocenters. The summed E-state index contributed by atoms with van der Waals surface area (Å²) in [6.45, 7) is 4.79. The molecule has 2 aliphatic rings. The predicted molar refractivity (Wildman–Crippen MR) is 114 cm³/mol. The van der Waals surface area contributed by atoms with Crippen LogP contribution in [0.3, 0.4) is 0 Å². The normalized spacial score (nSPS) is 19.8. The number of nitrogens with one attached hydrogen (secondary N) is 2. The quantitative estimate of drug-likeness (QED) is 0.664. The Hall–Kier alpha value is -2.69. The summed E-state index contributed by atoms with van der Waals surface area (Å²) in [4.78, 5) is 26.7. The largest absolute Gasteiger partial charge is 0.383 e. The molecule has 2 aromatic rings. The number of anilines is 1. The van der Waals surface area contributed by atoms with Gasteiger partial charge in [-0.15, -0.1) is 0 Å². The van der Waals surface area contributed by atoms with Gasteiger partial charge in [-0.3, -0.25) is 9.59 Å². The summed E-state index contributed by atoms with van der Waals surface area (Å²) >= 11 is 0. The summed E-state index contributed by atoms with van der Waals surface area (Å²) in [5, 5.41) is 2.77. The third-order valence-corrected chi connectivity index (χ3v) is 7.41. The topological polar surface area (TPSA) is 110 Å². The van der Waals surface area contributed by atoms with Gasteiger partial charge in [-0.2, -0.15) is 0 Å². The number of rotatable bonds is 7. The van der Waals surface area contributed by atoms with Gasteiger partial charge in [-0.1, -0.05) is 0 Å². The lowest BCUT2D eigenvalue weighted by Crippen LogP contribution is -2.53. The highest BCUT2D eigenvalue weighted by atomic mass is 32.2. The van der Waals surface area contributed by atoms with Crippen LogP contribution in [0.5, 0.6) is 0 Å². The van der Waals surface area contributed by atoms with E-state index in [9.17, 15) is 18.0 Å². The maximum absolute atomic E-state index is 13.0. The van der Waals surface area contributed by atoms with Crippen molar-refractivity contribution in [3.63, 3.8) is 0 Å². The number of benzene rings is 1. The van der Waals surface area contributed by atoms with Crippen molar-refractivity contribution in [1.29, 1.82) is 0 Å². The van der Waals surface area contributed by atoms with Crippen molar-refractivity contribution < 1.29 is 22.7 Å². The van der Waals surface area contributed by atoms with Crippen molar-refractivity contribution in [1.82, 2.24) is 14.2 Å². The first-order valence-corrected chi connectivity index (χ1v) is 11.5. The van der Waals surface area contributed by atoms with Crippen LogP contribution in [-0.4, -0.2) is 62.5 Å². The van der Waals surface area contributed by atoms with Gasteiger partial charge in [-0.25, -0.2) is 13.1 Å². The molecule has 0 spiro atoms. The molecular weight excluding hydrogens is 420 g/mol. The summed E-state index contributed by atoms with van der Waals surface area (Å²) in [6.07, 6.45) is 1.81. The van der Waals surface area contributed by atoms with E-state index in [0.717, 1.165) is 0 Å². The van der Waals surface area contributed by atoms with E-state index in [-0.39, 0.29) is 29.3 Å². The lowest BCUT2D eigenvalue weighted by atomic mass is 9.86. The Balaban J connectivity index is 1.55. The lowest BCUT2D eigenvalue weighted by Gasteiger charge is -2.36. The summed E-state index contributed by atoms with van der Waals surface area (Å²) in [6, 6.07) is 7.82. The van der Waals surface area contributed by atoms with E-state index in [0.29, 0.717) is 36.6 Å². The molecule has 0 bridgehead atoms. The van der Waals surface area contributed by atoms with E-state index in [4.69, 9.17) is 4.74 Å². The number of carbonyl (C=O) groups excluding carboxylic acids is 2. The number of aromatic nitrogens is 1. The molecule has 4 rings (SSSR count). The lowest BCUT2D eigenvalue weighted by molar-refractivity contribution is -0.119. The molecule has 0 saturated carbocycles. The van der Waals surface area contributed by atoms with E-state index in [2.05, 4.69) is 10.0 Å². The number of amides is 2. The van der Waals surface area contributed by atoms with Gasteiger partial charge in [0.15, 0.2) is 0 Å².